The number of nitro groups is 1. The smallest absolute Gasteiger partial charge is 0.258 e. The normalized spacial score (nSPS) is 17.2. The van der Waals surface area contributed by atoms with Crippen LogP contribution < -0.4 is 0 Å². The molecule has 0 heterocycles. The van der Waals surface area contributed by atoms with Crippen molar-refractivity contribution in [2.75, 3.05) is 0 Å². The Morgan fingerprint density at radius 2 is 2.19 bits per heavy atom. The SMILES string of the molecule is N#CC1(c2ccc([N+](=O)[O-])cc2Br)CCC1. The lowest BCUT2D eigenvalue weighted by Gasteiger charge is -2.36. The third-order valence-electron chi connectivity index (χ3n) is 3.10. The number of hydrogen-bond donors (Lipinski definition) is 0. The lowest BCUT2D eigenvalue weighted by molar-refractivity contribution is -0.385. The van der Waals surface area contributed by atoms with Gasteiger partial charge in [0, 0.05) is 16.6 Å². The van der Waals surface area contributed by atoms with Crippen molar-refractivity contribution >= 4 is 21.6 Å². The van der Waals surface area contributed by atoms with E-state index in [4.69, 9.17) is 0 Å². The highest BCUT2D eigenvalue weighted by Crippen LogP contribution is 2.46. The maximum Gasteiger partial charge on any atom is 0.270 e. The summed E-state index contributed by atoms with van der Waals surface area (Å²) in [6.07, 6.45) is 2.71. The van der Waals surface area contributed by atoms with Gasteiger partial charge in [-0.3, -0.25) is 10.1 Å². The van der Waals surface area contributed by atoms with Crippen molar-refractivity contribution in [3.8, 4) is 6.07 Å². The number of halogens is 1. The van der Waals surface area contributed by atoms with Crippen molar-refractivity contribution in [3.05, 3.63) is 38.3 Å². The zero-order chi connectivity index (χ0) is 11.8. The molecule has 0 radical (unpaired) electrons. The van der Waals surface area contributed by atoms with Crippen LogP contribution in [-0.2, 0) is 5.41 Å². The maximum absolute atomic E-state index is 10.6. The van der Waals surface area contributed by atoms with E-state index >= 15 is 0 Å². The highest BCUT2D eigenvalue weighted by Gasteiger charge is 2.40. The van der Waals surface area contributed by atoms with Crippen LogP contribution in [0.25, 0.3) is 0 Å². The highest BCUT2D eigenvalue weighted by atomic mass is 79.9. The van der Waals surface area contributed by atoms with E-state index in [0.29, 0.717) is 4.47 Å². The average Bonchev–Trinajstić information content (AvgIpc) is 2.19. The predicted molar refractivity (Wildman–Crippen MR) is 61.9 cm³/mol. The van der Waals surface area contributed by atoms with Gasteiger partial charge in [0.15, 0.2) is 0 Å². The summed E-state index contributed by atoms with van der Waals surface area (Å²) in [6.45, 7) is 0. The third-order valence-corrected chi connectivity index (χ3v) is 3.76. The molecule has 1 aromatic carbocycles. The second-order valence-electron chi connectivity index (χ2n) is 3.97. The summed E-state index contributed by atoms with van der Waals surface area (Å²) < 4.78 is 0.656. The Morgan fingerprint density at radius 1 is 1.50 bits per heavy atom. The van der Waals surface area contributed by atoms with Crippen molar-refractivity contribution in [2.45, 2.75) is 24.7 Å². The molecule has 0 unspecified atom stereocenters. The van der Waals surface area contributed by atoms with Gasteiger partial charge in [0.1, 0.15) is 0 Å². The summed E-state index contributed by atoms with van der Waals surface area (Å²) in [5.74, 6) is 0. The molecular weight excluding hydrogens is 272 g/mol. The first-order valence-electron chi connectivity index (χ1n) is 4.95. The van der Waals surface area contributed by atoms with Gasteiger partial charge in [-0.1, -0.05) is 15.9 Å². The van der Waals surface area contributed by atoms with Crippen LogP contribution in [0.3, 0.4) is 0 Å². The minimum Gasteiger partial charge on any atom is -0.258 e. The lowest BCUT2D eigenvalue weighted by Crippen LogP contribution is -2.32. The van der Waals surface area contributed by atoms with E-state index < -0.39 is 10.3 Å². The molecule has 82 valence electrons. The van der Waals surface area contributed by atoms with Gasteiger partial charge in [-0.2, -0.15) is 5.26 Å². The summed E-state index contributed by atoms with van der Waals surface area (Å²) >= 11 is 3.31. The fourth-order valence-electron chi connectivity index (χ4n) is 1.98. The van der Waals surface area contributed by atoms with Crippen molar-refractivity contribution < 1.29 is 4.92 Å². The van der Waals surface area contributed by atoms with Gasteiger partial charge in [0.05, 0.1) is 16.4 Å². The average molecular weight is 281 g/mol. The topological polar surface area (TPSA) is 66.9 Å². The minimum atomic E-state index is -0.437. The van der Waals surface area contributed by atoms with Crippen LogP contribution in [0.5, 0.6) is 0 Å². The molecule has 0 N–H and O–H groups in total. The molecule has 1 aromatic rings. The van der Waals surface area contributed by atoms with Crippen LogP contribution in [0.2, 0.25) is 0 Å². The number of benzene rings is 1. The fourth-order valence-corrected chi connectivity index (χ4v) is 2.72. The summed E-state index contributed by atoms with van der Waals surface area (Å²) in [5.41, 5.74) is 0.475. The molecule has 4 nitrogen and oxygen atoms in total. The zero-order valence-corrected chi connectivity index (χ0v) is 10.0. The Bertz CT molecular complexity index is 489. The molecule has 0 aliphatic heterocycles. The van der Waals surface area contributed by atoms with Gasteiger partial charge in [0.25, 0.3) is 5.69 Å². The monoisotopic (exact) mass is 280 g/mol. The van der Waals surface area contributed by atoms with Crippen molar-refractivity contribution in [3.63, 3.8) is 0 Å². The highest BCUT2D eigenvalue weighted by molar-refractivity contribution is 9.10. The molecule has 1 saturated carbocycles. The van der Waals surface area contributed by atoms with E-state index in [1.165, 1.54) is 12.1 Å². The van der Waals surface area contributed by atoms with Crippen LogP contribution in [0.1, 0.15) is 24.8 Å². The van der Waals surface area contributed by atoms with E-state index in [-0.39, 0.29) is 5.69 Å². The Labute approximate surface area is 101 Å². The van der Waals surface area contributed by atoms with Crippen LogP contribution in [0.4, 0.5) is 5.69 Å². The molecule has 2 rings (SSSR count). The first-order valence-corrected chi connectivity index (χ1v) is 5.74. The lowest BCUT2D eigenvalue weighted by atomic mass is 9.65. The quantitative estimate of drug-likeness (QED) is 0.617. The van der Waals surface area contributed by atoms with Gasteiger partial charge in [0.2, 0.25) is 0 Å². The Morgan fingerprint density at radius 3 is 2.56 bits per heavy atom. The Kier molecular flexibility index (Phi) is 2.68. The number of nitrogens with zero attached hydrogens (tertiary/aromatic N) is 2. The van der Waals surface area contributed by atoms with Gasteiger partial charge in [-0.05, 0) is 30.9 Å². The number of non-ortho nitro benzene ring substituents is 1. The zero-order valence-electron chi connectivity index (χ0n) is 8.44. The molecule has 0 spiro atoms. The van der Waals surface area contributed by atoms with Crippen molar-refractivity contribution in [2.24, 2.45) is 0 Å². The van der Waals surface area contributed by atoms with Gasteiger partial charge >= 0.3 is 0 Å². The number of rotatable bonds is 2. The fraction of sp³-hybridized carbons (Fsp3) is 0.364. The van der Waals surface area contributed by atoms with Crippen LogP contribution in [0, 0.1) is 21.4 Å². The maximum atomic E-state index is 10.6. The molecular formula is C11H9BrN2O2. The van der Waals surface area contributed by atoms with E-state index in [0.717, 1.165) is 24.8 Å². The summed E-state index contributed by atoms with van der Waals surface area (Å²) in [4.78, 5) is 10.2. The number of nitriles is 1. The van der Waals surface area contributed by atoms with E-state index in [1.807, 2.05) is 0 Å². The summed E-state index contributed by atoms with van der Waals surface area (Å²) in [7, 11) is 0. The molecule has 0 aromatic heterocycles. The van der Waals surface area contributed by atoms with E-state index in [1.54, 1.807) is 6.07 Å². The molecule has 16 heavy (non-hydrogen) atoms. The minimum absolute atomic E-state index is 0.0445. The van der Waals surface area contributed by atoms with E-state index in [2.05, 4.69) is 22.0 Å². The number of nitro benzene ring substituents is 1. The van der Waals surface area contributed by atoms with Crippen molar-refractivity contribution in [1.29, 1.82) is 5.26 Å². The molecule has 0 atom stereocenters. The Balaban J connectivity index is 2.44. The van der Waals surface area contributed by atoms with Crippen LogP contribution in [0.15, 0.2) is 22.7 Å². The van der Waals surface area contributed by atoms with Crippen LogP contribution in [-0.4, -0.2) is 4.92 Å². The summed E-state index contributed by atoms with van der Waals surface area (Å²) in [6, 6.07) is 6.93. The third kappa shape index (κ3) is 1.59. The first kappa shape index (κ1) is 11.1. The van der Waals surface area contributed by atoms with Gasteiger partial charge in [-0.15, -0.1) is 0 Å². The Hall–Kier alpha value is -1.41. The number of hydrogen-bond acceptors (Lipinski definition) is 3. The van der Waals surface area contributed by atoms with Crippen molar-refractivity contribution in [1.82, 2.24) is 0 Å². The second-order valence-corrected chi connectivity index (χ2v) is 4.82. The molecule has 1 aliphatic rings. The van der Waals surface area contributed by atoms with Gasteiger partial charge in [-0.25, -0.2) is 0 Å². The van der Waals surface area contributed by atoms with Gasteiger partial charge < -0.3 is 0 Å². The summed E-state index contributed by atoms with van der Waals surface area (Å²) in [5, 5.41) is 19.8. The molecule has 1 aliphatic carbocycles. The standard InChI is InChI=1S/C11H9BrN2O2/c12-10-6-8(14(15)16)2-3-9(10)11(7-13)4-1-5-11/h2-3,6H,1,4-5H2. The second kappa shape index (κ2) is 3.87. The molecule has 5 heteroatoms. The molecule has 1 fully saturated rings. The predicted octanol–water partition coefficient (Wildman–Crippen LogP) is 3.30. The molecule has 0 bridgehead atoms. The largest absolute Gasteiger partial charge is 0.270 e. The van der Waals surface area contributed by atoms with E-state index in [9.17, 15) is 15.4 Å². The molecule has 0 amide bonds. The van der Waals surface area contributed by atoms with Crippen LogP contribution >= 0.6 is 15.9 Å². The first-order chi connectivity index (χ1) is 7.59. The molecule has 0 saturated heterocycles.